The molecule has 2 saturated heterocycles. The first-order valence-electron chi connectivity index (χ1n) is 15.0. The molecule has 3 N–H and O–H groups in total. The van der Waals surface area contributed by atoms with Gasteiger partial charge in [-0.25, -0.2) is 9.59 Å². The SMILES string of the molecule is O=C(N[C@@H](CNC(=O)[C@@H]1CCCN(C(=O)CCC2CCN(C(=O)OCc3ccccc3)CC2)C1)C(=O)O)c1ccc(Cl)cc1. The monoisotopic (exact) mass is 626 g/mol. The third-order valence-electron chi connectivity index (χ3n) is 8.18. The van der Waals surface area contributed by atoms with E-state index >= 15 is 0 Å². The number of hydrogen-bond acceptors (Lipinski definition) is 6. The van der Waals surface area contributed by atoms with Crippen LogP contribution in [-0.2, 0) is 25.7 Å². The van der Waals surface area contributed by atoms with Crippen molar-refractivity contribution >= 4 is 41.4 Å². The standard InChI is InChI=1S/C32H39ClN4O7/c33-26-11-9-24(10-12-26)30(40)35-27(31(41)42)19-34-29(39)25-7-4-16-37(20-25)28(38)13-8-22-14-17-36(18-15-22)32(43)44-21-23-5-2-1-3-6-23/h1-3,5-6,9-12,22,25,27H,4,7-8,13-21H2,(H,34,39)(H,35,40)(H,41,42)/t25-,27+/m1/s1. The van der Waals surface area contributed by atoms with Crippen molar-refractivity contribution in [2.45, 2.75) is 51.2 Å². The fourth-order valence-corrected chi connectivity index (χ4v) is 5.63. The van der Waals surface area contributed by atoms with Crippen LogP contribution in [-0.4, -0.2) is 83.5 Å². The van der Waals surface area contributed by atoms with Crippen LogP contribution < -0.4 is 10.6 Å². The molecule has 12 heteroatoms. The minimum Gasteiger partial charge on any atom is -0.480 e. The molecule has 2 aromatic rings. The first kappa shape index (κ1) is 32.8. The normalized spacial score (nSPS) is 17.8. The molecule has 2 heterocycles. The summed E-state index contributed by atoms with van der Waals surface area (Å²) in [5.41, 5.74) is 1.19. The molecule has 0 unspecified atom stereocenters. The number of carbonyl (C=O) groups excluding carboxylic acids is 4. The summed E-state index contributed by atoms with van der Waals surface area (Å²) in [5.74, 6) is -2.35. The molecule has 236 valence electrons. The molecule has 2 aromatic carbocycles. The molecule has 4 rings (SSSR count). The van der Waals surface area contributed by atoms with Crippen molar-refractivity contribution in [3.63, 3.8) is 0 Å². The van der Waals surface area contributed by atoms with E-state index in [4.69, 9.17) is 16.3 Å². The second-order valence-corrected chi connectivity index (χ2v) is 11.7. The number of nitrogens with one attached hydrogen (secondary N) is 2. The number of piperidine rings is 2. The van der Waals surface area contributed by atoms with Crippen molar-refractivity contribution in [3.8, 4) is 0 Å². The lowest BCUT2D eigenvalue weighted by molar-refractivity contribution is -0.139. The Labute approximate surface area is 261 Å². The van der Waals surface area contributed by atoms with E-state index in [9.17, 15) is 29.1 Å². The van der Waals surface area contributed by atoms with Gasteiger partial charge < -0.3 is 30.3 Å². The summed E-state index contributed by atoms with van der Waals surface area (Å²) in [6.07, 6.45) is 3.63. The number of carbonyl (C=O) groups is 5. The second kappa shape index (κ2) is 16.1. The van der Waals surface area contributed by atoms with Gasteiger partial charge in [-0.3, -0.25) is 14.4 Å². The van der Waals surface area contributed by atoms with Crippen molar-refractivity contribution in [1.29, 1.82) is 0 Å². The molecule has 0 spiro atoms. The van der Waals surface area contributed by atoms with Crippen molar-refractivity contribution in [2.75, 3.05) is 32.7 Å². The minimum atomic E-state index is -1.32. The average molecular weight is 627 g/mol. The number of ether oxygens (including phenoxy) is 1. The van der Waals surface area contributed by atoms with Crippen LogP contribution in [0.5, 0.6) is 0 Å². The number of benzene rings is 2. The Hall–Kier alpha value is -4.12. The van der Waals surface area contributed by atoms with E-state index in [1.165, 1.54) is 24.3 Å². The largest absolute Gasteiger partial charge is 0.480 e. The van der Waals surface area contributed by atoms with E-state index < -0.39 is 23.8 Å². The van der Waals surface area contributed by atoms with Crippen molar-refractivity contribution in [2.24, 2.45) is 11.8 Å². The Morgan fingerprint density at radius 1 is 0.932 bits per heavy atom. The first-order valence-corrected chi connectivity index (χ1v) is 15.4. The molecule has 0 radical (unpaired) electrons. The number of hydrogen-bond donors (Lipinski definition) is 3. The van der Waals surface area contributed by atoms with Crippen molar-refractivity contribution in [3.05, 3.63) is 70.7 Å². The molecule has 11 nitrogen and oxygen atoms in total. The third-order valence-corrected chi connectivity index (χ3v) is 8.43. The van der Waals surface area contributed by atoms with Crippen LogP contribution in [0.4, 0.5) is 4.79 Å². The molecule has 0 bridgehead atoms. The van der Waals surface area contributed by atoms with Gasteiger partial charge in [-0.15, -0.1) is 0 Å². The molecule has 2 atom stereocenters. The van der Waals surface area contributed by atoms with Gasteiger partial charge in [0.1, 0.15) is 12.6 Å². The summed E-state index contributed by atoms with van der Waals surface area (Å²) in [6.45, 7) is 1.99. The first-order chi connectivity index (χ1) is 21.2. The maximum Gasteiger partial charge on any atom is 0.410 e. The van der Waals surface area contributed by atoms with Gasteiger partial charge in [0, 0.05) is 49.7 Å². The topological polar surface area (TPSA) is 145 Å². The summed E-state index contributed by atoms with van der Waals surface area (Å²) in [7, 11) is 0. The second-order valence-electron chi connectivity index (χ2n) is 11.3. The average Bonchev–Trinajstić information content (AvgIpc) is 3.05. The summed E-state index contributed by atoms with van der Waals surface area (Å²) in [5, 5.41) is 15.1. The zero-order valence-corrected chi connectivity index (χ0v) is 25.3. The zero-order chi connectivity index (χ0) is 31.5. The van der Waals surface area contributed by atoms with Gasteiger partial charge in [-0.2, -0.15) is 0 Å². The van der Waals surface area contributed by atoms with E-state index in [2.05, 4.69) is 10.6 Å². The Balaban J connectivity index is 1.16. The van der Waals surface area contributed by atoms with Gasteiger partial charge in [-0.1, -0.05) is 41.9 Å². The van der Waals surface area contributed by atoms with E-state index in [-0.39, 0.29) is 43.2 Å². The maximum atomic E-state index is 13.0. The summed E-state index contributed by atoms with van der Waals surface area (Å²) in [4.78, 5) is 65.9. The lowest BCUT2D eigenvalue weighted by atomic mass is 9.91. The van der Waals surface area contributed by atoms with Gasteiger partial charge in [0.2, 0.25) is 11.8 Å². The Bertz CT molecular complexity index is 1300. The van der Waals surface area contributed by atoms with E-state index in [1.54, 1.807) is 9.80 Å². The fraction of sp³-hybridized carbons (Fsp3) is 0.469. The fourth-order valence-electron chi connectivity index (χ4n) is 5.51. The summed E-state index contributed by atoms with van der Waals surface area (Å²) >= 11 is 5.84. The van der Waals surface area contributed by atoms with Crippen LogP contribution in [0, 0.1) is 11.8 Å². The van der Waals surface area contributed by atoms with Gasteiger partial charge in [0.25, 0.3) is 5.91 Å². The Morgan fingerprint density at radius 2 is 1.64 bits per heavy atom. The molecular formula is C32H39ClN4O7. The van der Waals surface area contributed by atoms with Crippen LogP contribution in [0.3, 0.4) is 0 Å². The van der Waals surface area contributed by atoms with E-state index in [0.717, 1.165) is 18.4 Å². The Kier molecular flexibility index (Phi) is 12.0. The number of aliphatic carboxylic acids is 1. The number of rotatable bonds is 11. The quantitative estimate of drug-likeness (QED) is 0.345. The molecule has 2 aliphatic rings. The summed E-state index contributed by atoms with van der Waals surface area (Å²) in [6, 6.07) is 14.2. The van der Waals surface area contributed by atoms with E-state index in [0.29, 0.717) is 56.3 Å². The number of halogens is 1. The highest BCUT2D eigenvalue weighted by molar-refractivity contribution is 6.30. The van der Waals surface area contributed by atoms with E-state index in [1.807, 2.05) is 30.3 Å². The molecule has 44 heavy (non-hydrogen) atoms. The highest BCUT2D eigenvalue weighted by Gasteiger charge is 2.31. The molecule has 0 aromatic heterocycles. The van der Waals surface area contributed by atoms with Gasteiger partial charge >= 0.3 is 12.1 Å². The number of likely N-dealkylation sites (tertiary alicyclic amines) is 2. The number of amides is 4. The highest BCUT2D eigenvalue weighted by Crippen LogP contribution is 2.24. The van der Waals surface area contributed by atoms with Crippen LogP contribution in [0.25, 0.3) is 0 Å². The minimum absolute atomic E-state index is 0.00848. The highest BCUT2D eigenvalue weighted by atomic mass is 35.5. The van der Waals surface area contributed by atoms with Gasteiger partial charge in [-0.05, 0) is 67.9 Å². The smallest absolute Gasteiger partial charge is 0.410 e. The predicted octanol–water partition coefficient (Wildman–Crippen LogP) is 3.71. The van der Waals surface area contributed by atoms with Gasteiger partial charge in [0.15, 0.2) is 0 Å². The van der Waals surface area contributed by atoms with Crippen molar-refractivity contribution in [1.82, 2.24) is 20.4 Å². The molecule has 4 amide bonds. The van der Waals surface area contributed by atoms with Crippen LogP contribution in [0.15, 0.2) is 54.6 Å². The molecular weight excluding hydrogens is 588 g/mol. The van der Waals surface area contributed by atoms with Crippen LogP contribution in [0.2, 0.25) is 5.02 Å². The number of nitrogens with zero attached hydrogens (tertiary/aromatic N) is 2. The molecule has 2 aliphatic heterocycles. The number of carboxylic acids is 1. The maximum absolute atomic E-state index is 13.0. The van der Waals surface area contributed by atoms with Crippen molar-refractivity contribution < 1.29 is 33.8 Å². The van der Waals surface area contributed by atoms with Crippen LogP contribution >= 0.6 is 11.6 Å². The lowest BCUT2D eigenvalue weighted by Crippen LogP contribution is -2.51. The third kappa shape index (κ3) is 9.70. The molecule has 0 aliphatic carbocycles. The summed E-state index contributed by atoms with van der Waals surface area (Å²) < 4.78 is 5.43. The number of carboxylic acid groups (broad SMARTS) is 1. The Morgan fingerprint density at radius 3 is 2.32 bits per heavy atom. The van der Waals surface area contributed by atoms with Gasteiger partial charge in [0.05, 0.1) is 5.92 Å². The lowest BCUT2D eigenvalue weighted by Gasteiger charge is -2.34. The molecule has 2 fully saturated rings. The predicted molar refractivity (Wildman–Crippen MR) is 163 cm³/mol. The zero-order valence-electron chi connectivity index (χ0n) is 24.6. The molecule has 0 saturated carbocycles. The van der Waals surface area contributed by atoms with Crippen LogP contribution in [0.1, 0.15) is 54.4 Å².